The van der Waals surface area contributed by atoms with Gasteiger partial charge in [0.1, 0.15) is 6.04 Å². The minimum Gasteiger partial charge on any atom is -0.480 e. The summed E-state index contributed by atoms with van der Waals surface area (Å²) in [6.45, 7) is -1.12. The third kappa shape index (κ3) is 3.37. The van der Waals surface area contributed by atoms with E-state index in [-0.39, 0.29) is 19.4 Å². The maximum atomic E-state index is 11.6. The van der Waals surface area contributed by atoms with E-state index in [0.717, 1.165) is 4.90 Å². The summed E-state index contributed by atoms with van der Waals surface area (Å²) < 4.78 is 38.4. The van der Waals surface area contributed by atoms with Gasteiger partial charge in [0.25, 0.3) is 0 Å². The molecule has 1 heterocycles. The molecule has 1 aliphatic rings. The van der Waals surface area contributed by atoms with Crippen LogP contribution in [0.3, 0.4) is 0 Å². The lowest BCUT2D eigenvalue weighted by atomic mass is 10.2. The van der Waals surface area contributed by atoms with Gasteiger partial charge in [0, 0.05) is 13.0 Å². The number of carboxylic acids is 1. The zero-order valence-corrected chi connectivity index (χ0v) is 8.16. The van der Waals surface area contributed by atoms with Crippen molar-refractivity contribution in [1.82, 2.24) is 4.90 Å². The molecule has 1 fully saturated rings. The van der Waals surface area contributed by atoms with Gasteiger partial charge in [-0.1, -0.05) is 0 Å². The molecule has 0 aliphatic carbocycles. The highest BCUT2D eigenvalue weighted by molar-refractivity contribution is 5.87. The van der Waals surface area contributed by atoms with E-state index in [0.29, 0.717) is 0 Å². The number of hydrogen-bond acceptors (Lipinski definition) is 3. The van der Waals surface area contributed by atoms with Crippen LogP contribution in [0, 0.1) is 0 Å². The van der Waals surface area contributed by atoms with Crippen LogP contribution in [0.5, 0.6) is 0 Å². The molecule has 0 spiro atoms. The van der Waals surface area contributed by atoms with Gasteiger partial charge in [0.2, 0.25) is 5.91 Å². The van der Waals surface area contributed by atoms with Crippen LogP contribution in [0.2, 0.25) is 0 Å². The zero-order chi connectivity index (χ0) is 12.3. The number of ether oxygens (including phenoxy) is 1. The maximum absolute atomic E-state index is 11.6. The molecule has 92 valence electrons. The topological polar surface area (TPSA) is 66.8 Å². The lowest BCUT2D eigenvalue weighted by molar-refractivity contribution is -0.324. The normalized spacial score (nSPS) is 21.6. The highest BCUT2D eigenvalue weighted by atomic mass is 19.4. The first-order valence-electron chi connectivity index (χ1n) is 4.54. The predicted octanol–water partition coefficient (Wildman–Crippen LogP) is 0.598. The molecule has 1 amide bonds. The van der Waals surface area contributed by atoms with E-state index < -0.39 is 30.9 Å². The minimum atomic E-state index is -4.76. The Morgan fingerprint density at radius 1 is 1.56 bits per heavy atom. The number of alkyl halides is 3. The Balaban J connectivity index is 2.45. The molecule has 0 radical (unpaired) electrons. The van der Waals surface area contributed by atoms with Gasteiger partial charge in [0.05, 0.1) is 6.61 Å². The fraction of sp³-hybridized carbons (Fsp3) is 0.750. The van der Waals surface area contributed by atoms with Crippen LogP contribution in [0.4, 0.5) is 13.2 Å². The van der Waals surface area contributed by atoms with Gasteiger partial charge in [-0.3, -0.25) is 9.53 Å². The molecule has 0 aromatic carbocycles. The molecule has 1 atom stereocenters. The van der Waals surface area contributed by atoms with Crippen LogP contribution in [0.1, 0.15) is 12.8 Å². The first-order valence-corrected chi connectivity index (χ1v) is 4.54. The lowest BCUT2D eigenvalue weighted by Gasteiger charge is -2.21. The molecular weight excluding hydrogens is 231 g/mol. The van der Waals surface area contributed by atoms with Crippen molar-refractivity contribution >= 4 is 11.9 Å². The number of hydrogen-bond donors (Lipinski definition) is 1. The molecule has 8 heteroatoms. The molecule has 0 saturated carbocycles. The van der Waals surface area contributed by atoms with Gasteiger partial charge < -0.3 is 10.0 Å². The molecule has 0 bridgehead atoms. The summed E-state index contributed by atoms with van der Waals surface area (Å²) in [5, 5.41) is 8.70. The third-order valence-corrected chi connectivity index (χ3v) is 2.21. The molecule has 0 aromatic heterocycles. The number of carboxylic acid groups (broad SMARTS) is 1. The van der Waals surface area contributed by atoms with E-state index >= 15 is 0 Å². The first-order chi connectivity index (χ1) is 7.31. The summed E-state index contributed by atoms with van der Waals surface area (Å²) in [5.74, 6) is -1.67. The van der Waals surface area contributed by atoms with Crippen LogP contribution in [-0.4, -0.2) is 47.4 Å². The molecule has 1 unspecified atom stereocenters. The van der Waals surface area contributed by atoms with Crippen molar-refractivity contribution in [2.75, 3.05) is 13.2 Å². The Hall–Kier alpha value is -1.31. The van der Waals surface area contributed by atoms with Crippen LogP contribution in [-0.2, 0) is 14.3 Å². The average Bonchev–Trinajstić information content (AvgIpc) is 2.46. The number of rotatable bonds is 4. The Bertz CT molecular complexity index is 291. The quantitative estimate of drug-likeness (QED) is 0.782. The fourth-order valence-corrected chi connectivity index (χ4v) is 1.53. The molecule has 16 heavy (non-hydrogen) atoms. The van der Waals surface area contributed by atoms with Crippen molar-refractivity contribution in [2.45, 2.75) is 25.2 Å². The monoisotopic (exact) mass is 241 g/mol. The van der Waals surface area contributed by atoms with Gasteiger partial charge >= 0.3 is 12.3 Å². The number of carbonyl (C=O) groups is 2. The second-order valence-electron chi connectivity index (χ2n) is 3.27. The molecule has 1 saturated heterocycles. The molecule has 1 N–H and O–H groups in total. The average molecular weight is 241 g/mol. The van der Waals surface area contributed by atoms with E-state index in [9.17, 15) is 22.8 Å². The lowest BCUT2D eigenvalue weighted by Crippen LogP contribution is -2.41. The summed E-state index contributed by atoms with van der Waals surface area (Å²) in [6, 6.07) is -1.04. The van der Waals surface area contributed by atoms with E-state index in [1.807, 2.05) is 0 Å². The van der Waals surface area contributed by atoms with Crippen LogP contribution in [0.25, 0.3) is 0 Å². The molecule has 0 aromatic rings. The predicted molar refractivity (Wildman–Crippen MR) is 44.4 cm³/mol. The summed E-state index contributed by atoms with van der Waals surface area (Å²) >= 11 is 0. The number of aliphatic carboxylic acids is 1. The minimum absolute atomic E-state index is 0.0446. The second-order valence-corrected chi connectivity index (χ2v) is 3.27. The van der Waals surface area contributed by atoms with Gasteiger partial charge in [0.15, 0.2) is 0 Å². The van der Waals surface area contributed by atoms with E-state index in [1.165, 1.54) is 0 Å². The van der Waals surface area contributed by atoms with E-state index in [2.05, 4.69) is 4.74 Å². The van der Waals surface area contributed by atoms with Crippen LogP contribution >= 0.6 is 0 Å². The van der Waals surface area contributed by atoms with Crippen LogP contribution in [0.15, 0.2) is 0 Å². The number of amides is 1. The van der Waals surface area contributed by atoms with Gasteiger partial charge in [-0.25, -0.2) is 4.79 Å². The van der Waals surface area contributed by atoms with E-state index in [1.54, 1.807) is 0 Å². The summed E-state index contributed by atoms with van der Waals surface area (Å²) in [5.41, 5.74) is 0. The highest BCUT2D eigenvalue weighted by Gasteiger charge is 2.36. The van der Waals surface area contributed by atoms with Crippen molar-refractivity contribution in [3.05, 3.63) is 0 Å². The number of carbonyl (C=O) groups excluding carboxylic acids is 1. The highest BCUT2D eigenvalue weighted by Crippen LogP contribution is 2.20. The summed E-state index contributed by atoms with van der Waals surface area (Å²) in [7, 11) is 0. The molecule has 5 nitrogen and oxygen atoms in total. The molecule has 1 aliphatic heterocycles. The standard InChI is InChI=1S/C8H10F3NO4/c9-8(10,11)16-4-3-12-5(7(14)15)1-2-6(12)13/h5H,1-4H2,(H,14,15). The smallest absolute Gasteiger partial charge is 0.480 e. The Kier molecular flexibility index (Phi) is 3.74. The van der Waals surface area contributed by atoms with Gasteiger partial charge in [-0.15, -0.1) is 13.2 Å². The van der Waals surface area contributed by atoms with E-state index in [4.69, 9.17) is 5.11 Å². The number of likely N-dealkylation sites (tertiary alicyclic amines) is 1. The summed E-state index contributed by atoms with van der Waals surface area (Å²) in [4.78, 5) is 22.7. The Morgan fingerprint density at radius 3 is 2.69 bits per heavy atom. The zero-order valence-electron chi connectivity index (χ0n) is 8.16. The number of nitrogens with zero attached hydrogens (tertiary/aromatic N) is 1. The Labute approximate surface area is 88.8 Å². The van der Waals surface area contributed by atoms with Crippen molar-refractivity contribution in [3.8, 4) is 0 Å². The van der Waals surface area contributed by atoms with Crippen molar-refractivity contribution in [3.63, 3.8) is 0 Å². The fourth-order valence-electron chi connectivity index (χ4n) is 1.53. The first kappa shape index (κ1) is 12.8. The third-order valence-electron chi connectivity index (χ3n) is 2.21. The van der Waals surface area contributed by atoms with Crippen molar-refractivity contribution in [2.24, 2.45) is 0 Å². The van der Waals surface area contributed by atoms with Crippen molar-refractivity contribution in [1.29, 1.82) is 0 Å². The largest absolute Gasteiger partial charge is 0.522 e. The number of halogens is 3. The Morgan fingerprint density at radius 2 is 2.19 bits per heavy atom. The second kappa shape index (κ2) is 4.69. The maximum Gasteiger partial charge on any atom is 0.522 e. The van der Waals surface area contributed by atoms with Crippen LogP contribution < -0.4 is 0 Å². The summed E-state index contributed by atoms with van der Waals surface area (Å²) in [6.07, 6.45) is -4.59. The molecular formula is C8H10F3NO4. The molecule has 1 rings (SSSR count). The van der Waals surface area contributed by atoms with Gasteiger partial charge in [-0.2, -0.15) is 0 Å². The van der Waals surface area contributed by atoms with Crippen molar-refractivity contribution < 1.29 is 32.6 Å². The van der Waals surface area contributed by atoms with Gasteiger partial charge in [-0.05, 0) is 6.42 Å². The SMILES string of the molecule is O=C(O)C1CCC(=O)N1CCOC(F)(F)F.